The van der Waals surface area contributed by atoms with Crippen molar-refractivity contribution in [2.45, 2.75) is 6.42 Å². The van der Waals surface area contributed by atoms with Crippen LogP contribution < -0.4 is 9.97 Å². The number of aliphatic hydroxyl groups is 1. The lowest BCUT2D eigenvalue weighted by atomic mass is 10.2. The summed E-state index contributed by atoms with van der Waals surface area (Å²) in [7, 11) is -1.88. The Morgan fingerprint density at radius 1 is 1.29 bits per heavy atom. The van der Waals surface area contributed by atoms with E-state index in [4.69, 9.17) is 15.2 Å². The molecule has 4 N–H and O–H groups in total. The van der Waals surface area contributed by atoms with Gasteiger partial charge in [-0.3, -0.25) is 4.79 Å². The van der Waals surface area contributed by atoms with E-state index in [1.165, 1.54) is 24.3 Å². The molecule has 0 atom stereocenters. The van der Waals surface area contributed by atoms with Crippen LogP contribution in [0.5, 0.6) is 5.75 Å². The summed E-state index contributed by atoms with van der Waals surface area (Å²) in [6.45, 7) is 0.435. The average Bonchev–Trinajstić information content (AvgIpc) is 2.29. The van der Waals surface area contributed by atoms with Gasteiger partial charge in [0.05, 0.1) is 0 Å². The molecule has 0 heterocycles. The lowest BCUT2D eigenvalue weighted by molar-refractivity contribution is 0.0951. The molecule has 0 aliphatic rings. The number of benzene rings is 1. The predicted molar refractivity (Wildman–Crippen MR) is 61.3 cm³/mol. The predicted octanol–water partition coefficient (Wildman–Crippen LogP) is -0.853. The first-order valence-corrected chi connectivity index (χ1v) is 5.15. The SMILES string of the molecule is O=C(NCCCO)c1ccc(OB(O)O)cc1. The molecule has 7 heteroatoms. The molecule has 6 nitrogen and oxygen atoms in total. The van der Waals surface area contributed by atoms with Crippen LogP contribution >= 0.6 is 0 Å². The zero-order chi connectivity index (χ0) is 12.7. The molecule has 0 saturated carbocycles. The summed E-state index contributed by atoms with van der Waals surface area (Å²) >= 11 is 0. The van der Waals surface area contributed by atoms with Crippen molar-refractivity contribution in [3.8, 4) is 5.75 Å². The summed E-state index contributed by atoms with van der Waals surface area (Å²) in [6.07, 6.45) is 0.504. The maximum atomic E-state index is 11.5. The van der Waals surface area contributed by atoms with Gasteiger partial charge in [-0.1, -0.05) is 0 Å². The zero-order valence-electron chi connectivity index (χ0n) is 9.17. The van der Waals surface area contributed by atoms with Crippen LogP contribution in [-0.4, -0.2) is 41.5 Å². The second kappa shape index (κ2) is 6.90. The van der Waals surface area contributed by atoms with Crippen molar-refractivity contribution < 1.29 is 24.6 Å². The van der Waals surface area contributed by atoms with Crippen molar-refractivity contribution in [3.63, 3.8) is 0 Å². The Labute approximate surface area is 99.0 Å². The van der Waals surface area contributed by atoms with Gasteiger partial charge in [0.2, 0.25) is 0 Å². The minimum Gasteiger partial charge on any atom is -0.512 e. The monoisotopic (exact) mass is 239 g/mol. The molecule has 1 aromatic carbocycles. The van der Waals surface area contributed by atoms with Gasteiger partial charge < -0.3 is 25.1 Å². The Bertz CT molecular complexity index is 354. The first kappa shape index (κ1) is 13.5. The third-order valence-electron chi connectivity index (χ3n) is 1.98. The minimum absolute atomic E-state index is 0.0292. The van der Waals surface area contributed by atoms with Crippen molar-refractivity contribution in [1.29, 1.82) is 0 Å². The number of rotatable bonds is 6. The highest BCUT2D eigenvalue weighted by Crippen LogP contribution is 2.12. The number of hydrogen-bond acceptors (Lipinski definition) is 5. The Hall–Kier alpha value is -1.57. The van der Waals surface area contributed by atoms with Crippen molar-refractivity contribution >= 4 is 13.2 Å². The number of carbonyl (C=O) groups is 1. The Morgan fingerprint density at radius 3 is 2.47 bits per heavy atom. The second-order valence-corrected chi connectivity index (χ2v) is 3.30. The van der Waals surface area contributed by atoms with E-state index >= 15 is 0 Å². The van der Waals surface area contributed by atoms with E-state index in [-0.39, 0.29) is 18.3 Å². The maximum Gasteiger partial charge on any atom is 0.707 e. The van der Waals surface area contributed by atoms with E-state index < -0.39 is 7.32 Å². The molecule has 1 amide bonds. The van der Waals surface area contributed by atoms with Crippen molar-refractivity contribution in [1.82, 2.24) is 5.32 Å². The number of nitrogens with one attached hydrogen (secondary N) is 1. The third kappa shape index (κ3) is 4.86. The molecule has 1 rings (SSSR count). The number of amides is 1. The summed E-state index contributed by atoms with van der Waals surface area (Å²) in [6, 6.07) is 5.93. The van der Waals surface area contributed by atoms with E-state index in [1.807, 2.05) is 0 Å². The lowest BCUT2D eigenvalue weighted by Crippen LogP contribution is -2.25. The minimum atomic E-state index is -1.88. The van der Waals surface area contributed by atoms with Crippen molar-refractivity contribution in [3.05, 3.63) is 29.8 Å². The van der Waals surface area contributed by atoms with Gasteiger partial charge in [-0.2, -0.15) is 0 Å². The van der Waals surface area contributed by atoms with E-state index in [0.29, 0.717) is 18.5 Å². The highest BCUT2D eigenvalue weighted by Gasteiger charge is 2.11. The van der Waals surface area contributed by atoms with E-state index in [2.05, 4.69) is 9.97 Å². The molecule has 0 spiro atoms. The van der Waals surface area contributed by atoms with Crippen LogP contribution in [0.25, 0.3) is 0 Å². The molecule has 0 bridgehead atoms. The fourth-order valence-corrected chi connectivity index (χ4v) is 1.19. The largest absolute Gasteiger partial charge is 0.707 e. The van der Waals surface area contributed by atoms with Crippen LogP contribution in [0.3, 0.4) is 0 Å². The second-order valence-electron chi connectivity index (χ2n) is 3.30. The molecule has 0 aromatic heterocycles. The quantitative estimate of drug-likeness (QED) is 0.382. The molecule has 0 aliphatic carbocycles. The van der Waals surface area contributed by atoms with Crippen molar-refractivity contribution in [2.24, 2.45) is 0 Å². The van der Waals surface area contributed by atoms with E-state index in [9.17, 15) is 4.79 Å². The van der Waals surface area contributed by atoms with Crippen LogP contribution in [0.4, 0.5) is 0 Å². The van der Waals surface area contributed by atoms with Crippen LogP contribution in [0, 0.1) is 0 Å². The molecule has 0 fully saturated rings. The molecule has 92 valence electrons. The normalized spacial score (nSPS) is 9.82. The Balaban J connectivity index is 2.52. The molecule has 0 saturated heterocycles. The smallest absolute Gasteiger partial charge is 0.512 e. The number of carbonyl (C=O) groups excluding carboxylic acids is 1. The van der Waals surface area contributed by atoms with E-state index in [0.717, 1.165) is 0 Å². The molecule has 17 heavy (non-hydrogen) atoms. The fourth-order valence-electron chi connectivity index (χ4n) is 1.19. The fraction of sp³-hybridized carbons (Fsp3) is 0.300. The van der Waals surface area contributed by atoms with Gasteiger partial charge in [-0.15, -0.1) is 0 Å². The summed E-state index contributed by atoms with van der Waals surface area (Å²) in [4.78, 5) is 11.5. The van der Waals surface area contributed by atoms with Gasteiger partial charge in [0, 0.05) is 18.7 Å². The van der Waals surface area contributed by atoms with Gasteiger partial charge in [0.15, 0.2) is 0 Å². The molecular formula is C10H14BNO5. The number of aliphatic hydroxyl groups excluding tert-OH is 1. The third-order valence-corrected chi connectivity index (χ3v) is 1.98. The molecule has 0 radical (unpaired) electrons. The highest BCUT2D eigenvalue weighted by molar-refractivity contribution is 6.33. The molecule has 1 aromatic rings. The standard InChI is InChI=1S/C10H14BNO5/c13-7-1-6-12-10(14)8-2-4-9(5-3-8)17-11(15)16/h2-5,13,15-16H,1,6-7H2,(H,12,14). The zero-order valence-corrected chi connectivity index (χ0v) is 9.17. The lowest BCUT2D eigenvalue weighted by Gasteiger charge is -2.06. The summed E-state index contributed by atoms with van der Waals surface area (Å²) in [5.74, 6) is 0.00135. The molecule has 0 aliphatic heterocycles. The summed E-state index contributed by atoms with van der Waals surface area (Å²) in [5, 5.41) is 28.3. The highest BCUT2D eigenvalue weighted by atomic mass is 16.6. The summed E-state index contributed by atoms with van der Waals surface area (Å²) in [5.41, 5.74) is 0.433. The summed E-state index contributed by atoms with van der Waals surface area (Å²) < 4.78 is 4.59. The first-order valence-electron chi connectivity index (χ1n) is 5.15. The topological polar surface area (TPSA) is 99.0 Å². The average molecular weight is 239 g/mol. The van der Waals surface area contributed by atoms with Gasteiger partial charge in [-0.25, -0.2) is 0 Å². The Morgan fingerprint density at radius 2 is 1.94 bits per heavy atom. The van der Waals surface area contributed by atoms with Crippen LogP contribution in [-0.2, 0) is 0 Å². The van der Waals surface area contributed by atoms with E-state index in [1.54, 1.807) is 0 Å². The van der Waals surface area contributed by atoms with Crippen LogP contribution in [0.1, 0.15) is 16.8 Å². The maximum absolute atomic E-state index is 11.5. The Kier molecular flexibility index (Phi) is 5.48. The van der Waals surface area contributed by atoms with Crippen LogP contribution in [0.15, 0.2) is 24.3 Å². The van der Waals surface area contributed by atoms with Gasteiger partial charge >= 0.3 is 7.32 Å². The van der Waals surface area contributed by atoms with Crippen molar-refractivity contribution in [2.75, 3.05) is 13.2 Å². The van der Waals surface area contributed by atoms with Crippen LogP contribution in [0.2, 0.25) is 0 Å². The number of hydrogen-bond donors (Lipinski definition) is 4. The van der Waals surface area contributed by atoms with Gasteiger partial charge in [0.25, 0.3) is 5.91 Å². The van der Waals surface area contributed by atoms with Gasteiger partial charge in [-0.05, 0) is 30.7 Å². The molecular weight excluding hydrogens is 225 g/mol. The molecule has 0 unspecified atom stereocenters. The first-order chi connectivity index (χ1) is 8.13. The van der Waals surface area contributed by atoms with Gasteiger partial charge in [0.1, 0.15) is 5.75 Å².